The van der Waals surface area contributed by atoms with Crippen molar-refractivity contribution >= 4 is 35.3 Å². The van der Waals surface area contributed by atoms with Gasteiger partial charge in [-0.15, -0.1) is 0 Å². The number of hydrogen-bond donors (Lipinski definition) is 1. The van der Waals surface area contributed by atoms with Crippen LogP contribution in [0.4, 0.5) is 0 Å². The van der Waals surface area contributed by atoms with Crippen LogP contribution in [0.5, 0.6) is 5.75 Å². The maximum atomic E-state index is 13.0. The van der Waals surface area contributed by atoms with E-state index in [1.807, 2.05) is 26.0 Å². The molecule has 0 spiro atoms. The molecule has 29 heavy (non-hydrogen) atoms. The highest BCUT2D eigenvalue weighted by Gasteiger charge is 2.42. The van der Waals surface area contributed by atoms with Gasteiger partial charge < -0.3 is 5.11 Å². The molecule has 0 saturated heterocycles. The summed E-state index contributed by atoms with van der Waals surface area (Å²) in [6.45, 7) is 5.82. The zero-order valence-electron chi connectivity index (χ0n) is 16.6. The molecular formula is C22H21ClN2O4. The molecule has 3 rings (SSSR count). The first-order chi connectivity index (χ1) is 13.6. The highest BCUT2D eigenvalue weighted by Crippen LogP contribution is 2.38. The van der Waals surface area contributed by atoms with E-state index >= 15 is 0 Å². The van der Waals surface area contributed by atoms with Gasteiger partial charge >= 0.3 is 0 Å². The lowest BCUT2D eigenvalue weighted by Gasteiger charge is -2.12. The molecule has 1 amide bonds. The molecule has 150 valence electrons. The van der Waals surface area contributed by atoms with Crippen molar-refractivity contribution in [2.45, 2.75) is 26.7 Å². The second-order valence-corrected chi connectivity index (χ2v) is 7.88. The third-order valence-electron chi connectivity index (χ3n) is 4.80. The third-order valence-corrected chi connectivity index (χ3v) is 4.95. The van der Waals surface area contributed by atoms with E-state index in [1.165, 1.54) is 31.3 Å². The van der Waals surface area contributed by atoms with E-state index < -0.39 is 23.4 Å². The number of rotatable bonds is 4. The van der Waals surface area contributed by atoms with Crippen LogP contribution < -0.4 is 0 Å². The number of carbonyl (C=O) groups is 3. The number of aromatic hydroxyl groups is 1. The Labute approximate surface area is 173 Å². The number of nitrogens with zero attached hydrogens (tertiary/aromatic N) is 2. The van der Waals surface area contributed by atoms with Gasteiger partial charge in [-0.05, 0) is 42.7 Å². The number of fused-ring (bicyclic) bond motifs is 1. The second kappa shape index (κ2) is 7.79. The Morgan fingerprint density at radius 3 is 2.48 bits per heavy atom. The van der Waals surface area contributed by atoms with Crippen LogP contribution in [0.2, 0.25) is 0 Å². The molecule has 0 aliphatic heterocycles. The molecule has 6 nitrogen and oxygen atoms in total. The minimum atomic E-state index is -1.23. The predicted molar refractivity (Wildman–Crippen MR) is 110 cm³/mol. The first kappa shape index (κ1) is 20.7. The van der Waals surface area contributed by atoms with Gasteiger partial charge in [-0.2, -0.15) is 0 Å². The van der Waals surface area contributed by atoms with Crippen LogP contribution in [0.15, 0.2) is 30.3 Å². The average molecular weight is 413 g/mol. The Kier molecular flexibility index (Phi) is 5.57. The minimum Gasteiger partial charge on any atom is -0.506 e. The zero-order chi connectivity index (χ0) is 21.5. The number of allylic oxidation sites excluding steroid dienone is 1. The third kappa shape index (κ3) is 3.80. The molecule has 2 aromatic rings. The number of Topliss-reactive ketones (excluding diaryl/α,β-unsaturated/α-hetero) is 2. The Hall–Kier alpha value is -2.99. The fourth-order valence-corrected chi connectivity index (χ4v) is 3.36. The minimum absolute atomic E-state index is 0.0257. The highest BCUT2D eigenvalue weighted by molar-refractivity contribution is 6.30. The number of amides is 1. The molecule has 1 aromatic heterocycles. The van der Waals surface area contributed by atoms with Gasteiger partial charge in [-0.3, -0.25) is 23.8 Å². The van der Waals surface area contributed by atoms with Gasteiger partial charge in [0, 0.05) is 41.2 Å². The van der Waals surface area contributed by atoms with E-state index in [-0.39, 0.29) is 28.1 Å². The van der Waals surface area contributed by atoms with Gasteiger partial charge in [0.05, 0.1) is 0 Å². The maximum absolute atomic E-state index is 13.0. The number of ketones is 2. The Bertz CT molecular complexity index is 1060. The predicted octanol–water partition coefficient (Wildman–Crippen LogP) is 4.15. The number of hydrogen-bond acceptors (Lipinski definition) is 5. The Balaban J connectivity index is 2.02. The van der Waals surface area contributed by atoms with Gasteiger partial charge in [0.25, 0.3) is 5.91 Å². The lowest BCUT2D eigenvalue weighted by molar-refractivity contribution is 0.0877. The molecule has 0 radical (unpaired) electrons. The molecule has 0 fully saturated rings. The van der Waals surface area contributed by atoms with Gasteiger partial charge in [-0.1, -0.05) is 26.0 Å². The Morgan fingerprint density at radius 2 is 1.86 bits per heavy atom. The molecule has 0 bridgehead atoms. The summed E-state index contributed by atoms with van der Waals surface area (Å²) in [5.41, 5.74) is 1.88. The molecule has 0 saturated carbocycles. The summed E-state index contributed by atoms with van der Waals surface area (Å²) < 4.78 is 0.876. The monoisotopic (exact) mass is 412 g/mol. The van der Waals surface area contributed by atoms with Gasteiger partial charge in [0.15, 0.2) is 11.6 Å². The molecule has 1 aliphatic rings. The van der Waals surface area contributed by atoms with Crippen molar-refractivity contribution in [3.63, 3.8) is 0 Å². The SMILES string of the molecule is Cc1nc(C2C(=O)c3ccc(C(=O)N(C)Cl)cc3C2=O)c(O)cc1/C=C/C(C)C. The molecule has 1 N–H and O–H groups in total. The van der Waals surface area contributed by atoms with Crippen molar-refractivity contribution < 1.29 is 19.5 Å². The summed E-state index contributed by atoms with van der Waals surface area (Å²) >= 11 is 5.68. The van der Waals surface area contributed by atoms with Crippen LogP contribution in [0.3, 0.4) is 0 Å². The fourth-order valence-electron chi connectivity index (χ4n) is 3.26. The molecule has 1 unspecified atom stereocenters. The van der Waals surface area contributed by atoms with Crippen molar-refractivity contribution in [1.82, 2.24) is 9.40 Å². The fraction of sp³-hybridized carbons (Fsp3) is 0.273. The molecule has 1 atom stereocenters. The zero-order valence-corrected chi connectivity index (χ0v) is 17.3. The van der Waals surface area contributed by atoms with Crippen LogP contribution in [-0.2, 0) is 0 Å². The average Bonchev–Trinajstić information content (AvgIpc) is 2.91. The van der Waals surface area contributed by atoms with Crippen LogP contribution in [0, 0.1) is 12.8 Å². The van der Waals surface area contributed by atoms with E-state index in [1.54, 1.807) is 6.92 Å². The van der Waals surface area contributed by atoms with E-state index in [0.717, 1.165) is 4.42 Å². The lowest BCUT2D eigenvalue weighted by atomic mass is 9.96. The number of halogens is 1. The lowest BCUT2D eigenvalue weighted by Crippen LogP contribution is -2.17. The topological polar surface area (TPSA) is 87.6 Å². The van der Waals surface area contributed by atoms with Crippen LogP contribution >= 0.6 is 11.8 Å². The molecule has 1 aromatic carbocycles. The molecule has 1 heterocycles. The van der Waals surface area contributed by atoms with Gasteiger partial charge in [-0.25, -0.2) is 0 Å². The van der Waals surface area contributed by atoms with E-state index in [0.29, 0.717) is 17.2 Å². The first-order valence-corrected chi connectivity index (χ1v) is 9.50. The molecule has 7 heteroatoms. The number of aromatic nitrogens is 1. The van der Waals surface area contributed by atoms with Crippen molar-refractivity contribution in [2.75, 3.05) is 7.05 Å². The molecule has 1 aliphatic carbocycles. The summed E-state index contributed by atoms with van der Waals surface area (Å²) in [5, 5.41) is 10.5. The normalized spacial score (nSPS) is 16.0. The number of pyridine rings is 1. The van der Waals surface area contributed by atoms with E-state index in [9.17, 15) is 19.5 Å². The highest BCUT2D eigenvalue weighted by atomic mass is 35.5. The van der Waals surface area contributed by atoms with E-state index in [2.05, 4.69) is 4.98 Å². The summed E-state index contributed by atoms with van der Waals surface area (Å²) in [6.07, 6.45) is 3.82. The number of benzene rings is 1. The summed E-state index contributed by atoms with van der Waals surface area (Å²) in [5.74, 6) is -2.55. The molecular weight excluding hydrogens is 392 g/mol. The van der Waals surface area contributed by atoms with Crippen molar-refractivity contribution in [3.8, 4) is 5.75 Å². The second-order valence-electron chi connectivity index (χ2n) is 7.37. The van der Waals surface area contributed by atoms with Gasteiger partial charge in [0.1, 0.15) is 17.4 Å². The maximum Gasteiger partial charge on any atom is 0.267 e. The van der Waals surface area contributed by atoms with Crippen molar-refractivity contribution in [3.05, 3.63) is 64.0 Å². The van der Waals surface area contributed by atoms with Crippen LogP contribution in [0.1, 0.15) is 67.8 Å². The van der Waals surface area contributed by atoms with Gasteiger partial charge in [0.2, 0.25) is 0 Å². The summed E-state index contributed by atoms with van der Waals surface area (Å²) in [7, 11) is 1.38. The van der Waals surface area contributed by atoms with E-state index in [4.69, 9.17) is 11.8 Å². The van der Waals surface area contributed by atoms with Crippen LogP contribution in [-0.4, -0.2) is 39.0 Å². The standard InChI is InChI=1S/C22H21ClN2O4/c1-11(2)5-6-13-10-17(26)19(24-12(13)3)18-20(27)15-8-7-14(22(29)25(4)23)9-16(15)21(18)28/h5-11,18,26H,1-4H3/b6-5+. The number of carbonyl (C=O) groups excluding carboxylic acids is 3. The Morgan fingerprint density at radius 1 is 1.21 bits per heavy atom. The van der Waals surface area contributed by atoms with Crippen LogP contribution in [0.25, 0.3) is 6.08 Å². The largest absolute Gasteiger partial charge is 0.506 e. The van der Waals surface area contributed by atoms with Crippen molar-refractivity contribution in [1.29, 1.82) is 0 Å². The first-order valence-electron chi connectivity index (χ1n) is 9.16. The summed E-state index contributed by atoms with van der Waals surface area (Å²) in [6, 6.07) is 5.76. The smallest absolute Gasteiger partial charge is 0.267 e. The summed E-state index contributed by atoms with van der Waals surface area (Å²) in [4.78, 5) is 42.3. The number of aryl methyl sites for hydroxylation is 1. The van der Waals surface area contributed by atoms with Crippen molar-refractivity contribution in [2.24, 2.45) is 5.92 Å². The quantitative estimate of drug-likeness (QED) is 0.602.